The summed E-state index contributed by atoms with van der Waals surface area (Å²) in [4.78, 5) is 35.0. The second-order valence-corrected chi connectivity index (χ2v) is 15.1. The van der Waals surface area contributed by atoms with Crippen LogP contribution in [-0.4, -0.2) is 103 Å². The maximum absolute atomic E-state index is 16.8. The van der Waals surface area contributed by atoms with Crippen LogP contribution in [-0.2, 0) is 4.79 Å². The van der Waals surface area contributed by atoms with Gasteiger partial charge in [0.05, 0.1) is 23.8 Å². The number of aromatic nitrogens is 5. The molecule has 0 radical (unpaired) electrons. The van der Waals surface area contributed by atoms with Gasteiger partial charge in [-0.05, 0) is 37.3 Å². The molecule has 3 aliphatic rings. The van der Waals surface area contributed by atoms with Gasteiger partial charge < -0.3 is 14.2 Å². The largest absolute Gasteiger partial charge is 0.443 e. The van der Waals surface area contributed by atoms with Crippen LogP contribution in [0.5, 0.6) is 6.01 Å². The van der Waals surface area contributed by atoms with E-state index in [4.69, 9.17) is 25.8 Å². The Kier molecular flexibility index (Phi) is 9.59. The molecule has 3 saturated heterocycles. The number of alkyl halides is 1. The zero-order valence-corrected chi connectivity index (χ0v) is 30.9. The monoisotopic (exact) mass is 759 g/mol. The van der Waals surface area contributed by atoms with Gasteiger partial charge in [0, 0.05) is 72.2 Å². The van der Waals surface area contributed by atoms with Gasteiger partial charge in [0.25, 0.3) is 5.89 Å². The molecule has 280 valence electrons. The molecule has 15 heteroatoms. The van der Waals surface area contributed by atoms with Crippen molar-refractivity contribution < 1.29 is 31.8 Å². The number of rotatable bonds is 9. The lowest BCUT2D eigenvalue weighted by atomic mass is 9.95. The molecule has 1 amide bonds. The Morgan fingerprint density at radius 2 is 2.02 bits per heavy atom. The Balaban J connectivity index is 1.12. The molecule has 5 aromatic rings. The van der Waals surface area contributed by atoms with Crippen molar-refractivity contribution in [3.63, 3.8) is 0 Å². The van der Waals surface area contributed by atoms with Crippen LogP contribution < -0.4 is 4.74 Å². The molecule has 0 aliphatic carbocycles. The fourth-order valence-electron chi connectivity index (χ4n) is 7.99. The molecule has 3 atom stereocenters. The lowest BCUT2D eigenvalue weighted by Crippen LogP contribution is -2.43. The van der Waals surface area contributed by atoms with Gasteiger partial charge in [0.1, 0.15) is 35.2 Å². The third-order valence-corrected chi connectivity index (χ3v) is 11.1. The van der Waals surface area contributed by atoms with E-state index in [0.29, 0.717) is 65.8 Å². The fourth-order valence-corrected chi connectivity index (χ4v) is 8.26. The van der Waals surface area contributed by atoms with E-state index < -0.39 is 23.3 Å². The second-order valence-electron chi connectivity index (χ2n) is 14.7. The van der Waals surface area contributed by atoms with Crippen LogP contribution in [0.15, 0.2) is 47.1 Å². The summed E-state index contributed by atoms with van der Waals surface area (Å²) in [6, 6.07) is 7.92. The number of pyridine rings is 1. The highest BCUT2D eigenvalue weighted by Crippen LogP contribution is 2.41. The Morgan fingerprint density at radius 1 is 1.17 bits per heavy atom. The normalized spacial score (nSPS) is 22.1. The molecular formula is C39H39ClF3N8O3+. The SMILES string of the molecule is CC(C)c1noc(/C=C/C(=O)N2CCC(/C=[N+](\C)c3nc(OC[C@@]45CCCN4C[C@H](F)C5)nc4c(F)c(-c5cccc6ccc(F)c(Cl)c56)ncc34)C2)n1. The molecular weight excluding hydrogens is 721 g/mol. The van der Waals surface area contributed by atoms with Crippen LogP contribution in [0.25, 0.3) is 39.0 Å². The first-order valence-corrected chi connectivity index (χ1v) is 18.5. The number of halogens is 4. The van der Waals surface area contributed by atoms with Crippen LogP contribution in [0.3, 0.4) is 0 Å². The number of carbonyl (C=O) groups excluding carboxylic acids is 1. The molecule has 8 rings (SSSR count). The maximum atomic E-state index is 16.8. The number of nitrogens with zero attached hydrogens (tertiary/aromatic N) is 8. The predicted molar refractivity (Wildman–Crippen MR) is 198 cm³/mol. The molecule has 3 aromatic heterocycles. The van der Waals surface area contributed by atoms with Gasteiger partial charge in [-0.3, -0.25) is 14.7 Å². The lowest BCUT2D eigenvalue weighted by Gasteiger charge is -2.30. The Hall–Kier alpha value is -4.95. The van der Waals surface area contributed by atoms with Crippen molar-refractivity contribution >= 4 is 57.3 Å². The average Bonchev–Trinajstić information content (AvgIpc) is 3.96. The lowest BCUT2D eigenvalue weighted by molar-refractivity contribution is -0.405. The third-order valence-electron chi connectivity index (χ3n) is 10.7. The first kappa shape index (κ1) is 36.0. The maximum Gasteiger partial charge on any atom is 0.434 e. The number of likely N-dealkylation sites (tertiary alicyclic amines) is 1. The van der Waals surface area contributed by atoms with Crippen LogP contribution >= 0.6 is 11.6 Å². The van der Waals surface area contributed by atoms with Crippen LogP contribution in [0.4, 0.5) is 19.0 Å². The molecule has 54 heavy (non-hydrogen) atoms. The van der Waals surface area contributed by atoms with Crippen LogP contribution in [0, 0.1) is 17.6 Å². The molecule has 6 heterocycles. The summed E-state index contributed by atoms with van der Waals surface area (Å²) >= 11 is 6.42. The fraction of sp³-hybridized carbons (Fsp3) is 0.410. The minimum absolute atomic E-state index is 0.0460. The van der Waals surface area contributed by atoms with E-state index in [1.807, 2.05) is 20.1 Å². The average molecular weight is 760 g/mol. The number of ether oxygens (including phenoxy) is 1. The van der Waals surface area contributed by atoms with E-state index in [-0.39, 0.29) is 52.5 Å². The summed E-state index contributed by atoms with van der Waals surface area (Å²) in [5.41, 5.74) is -0.270. The highest BCUT2D eigenvalue weighted by atomic mass is 35.5. The highest BCUT2D eigenvalue weighted by molar-refractivity contribution is 6.36. The zero-order valence-electron chi connectivity index (χ0n) is 30.1. The molecule has 3 aliphatic heterocycles. The summed E-state index contributed by atoms with van der Waals surface area (Å²) < 4.78 is 59.3. The Labute approximate surface area is 314 Å². The van der Waals surface area contributed by atoms with Crippen molar-refractivity contribution in [2.45, 2.75) is 57.2 Å². The number of hydrogen-bond donors (Lipinski definition) is 0. The summed E-state index contributed by atoms with van der Waals surface area (Å²) in [5.74, 6) is -0.340. The van der Waals surface area contributed by atoms with E-state index >= 15 is 4.39 Å². The van der Waals surface area contributed by atoms with Gasteiger partial charge in [-0.15, -0.1) is 0 Å². The first-order chi connectivity index (χ1) is 26.0. The first-order valence-electron chi connectivity index (χ1n) is 18.1. The predicted octanol–water partition coefficient (Wildman–Crippen LogP) is 7.14. The number of fused-ring (bicyclic) bond motifs is 3. The Morgan fingerprint density at radius 3 is 2.83 bits per heavy atom. The van der Waals surface area contributed by atoms with Gasteiger partial charge in [0.2, 0.25) is 5.91 Å². The van der Waals surface area contributed by atoms with Gasteiger partial charge in [-0.1, -0.05) is 54.9 Å². The van der Waals surface area contributed by atoms with Gasteiger partial charge in [-0.25, -0.2) is 17.7 Å². The molecule has 3 fully saturated rings. The van der Waals surface area contributed by atoms with Gasteiger partial charge >= 0.3 is 11.8 Å². The van der Waals surface area contributed by atoms with E-state index in [2.05, 4.69) is 25.0 Å². The van der Waals surface area contributed by atoms with Crippen molar-refractivity contribution in [1.82, 2.24) is 34.9 Å². The molecule has 0 saturated carbocycles. The number of carbonyl (C=O) groups is 1. The van der Waals surface area contributed by atoms with Gasteiger partial charge in [-0.2, -0.15) is 9.97 Å². The van der Waals surface area contributed by atoms with Crippen molar-refractivity contribution in [2.75, 3.05) is 39.8 Å². The molecule has 0 spiro atoms. The summed E-state index contributed by atoms with van der Waals surface area (Å²) in [6.07, 6.45) is 8.17. The standard InChI is InChI=1S/C39H39ClF3N8O3/c1-22(2)36-45-29(54-48-36)10-11-30(52)50-15-12-23(19-50)18-49(3)37-27-17-44-34(26-7-4-6-24-8-9-28(42)32(40)31(24)26)33(43)35(27)46-38(47-37)53-21-39-13-5-14-51(39)20-25(41)16-39/h4,6-11,17-18,22-23,25H,5,12-16,19-21H2,1-3H3/q+1/b11-10+,49-18+/t23?,25-,39+/m1/s1. The zero-order chi connectivity index (χ0) is 37.7. The topological polar surface area (TPSA) is 113 Å². The molecule has 1 unspecified atom stereocenters. The van der Waals surface area contributed by atoms with Gasteiger partial charge in [0.15, 0.2) is 11.6 Å². The van der Waals surface area contributed by atoms with Crippen molar-refractivity contribution in [3.8, 4) is 17.3 Å². The van der Waals surface area contributed by atoms with Crippen molar-refractivity contribution in [1.29, 1.82) is 0 Å². The van der Waals surface area contributed by atoms with Crippen molar-refractivity contribution in [3.05, 3.63) is 71.0 Å². The molecule has 11 nitrogen and oxygen atoms in total. The summed E-state index contributed by atoms with van der Waals surface area (Å²) in [6.45, 7) is 6.18. The third kappa shape index (κ3) is 6.70. The summed E-state index contributed by atoms with van der Waals surface area (Å²) in [7, 11) is 1.79. The number of amides is 1. The molecule has 0 bridgehead atoms. The second kappa shape index (κ2) is 14.4. The molecule has 0 N–H and O–H groups in total. The van der Waals surface area contributed by atoms with E-state index in [9.17, 15) is 13.6 Å². The number of hydrogen-bond acceptors (Lipinski definition) is 9. The van der Waals surface area contributed by atoms with E-state index in [1.54, 1.807) is 40.8 Å². The summed E-state index contributed by atoms with van der Waals surface area (Å²) in [5, 5.41) is 5.07. The number of benzene rings is 2. The minimum Gasteiger partial charge on any atom is -0.443 e. The smallest absolute Gasteiger partial charge is 0.434 e. The highest BCUT2D eigenvalue weighted by Gasteiger charge is 2.49. The van der Waals surface area contributed by atoms with E-state index in [0.717, 1.165) is 19.4 Å². The van der Waals surface area contributed by atoms with E-state index in [1.165, 1.54) is 24.4 Å². The quantitative estimate of drug-likeness (QED) is 0.0879. The van der Waals surface area contributed by atoms with Crippen LogP contribution in [0.2, 0.25) is 5.02 Å². The van der Waals surface area contributed by atoms with Crippen molar-refractivity contribution in [2.24, 2.45) is 5.92 Å². The minimum atomic E-state index is -0.948. The molecule has 2 aromatic carbocycles. The van der Waals surface area contributed by atoms with Crippen LogP contribution in [0.1, 0.15) is 57.2 Å². The Bertz CT molecular complexity index is 2330.